The van der Waals surface area contributed by atoms with Gasteiger partial charge >= 0.3 is 6.18 Å². The zero-order valence-electron chi connectivity index (χ0n) is 12.9. The summed E-state index contributed by atoms with van der Waals surface area (Å²) >= 11 is 7.20. The van der Waals surface area contributed by atoms with Gasteiger partial charge in [0, 0.05) is 21.8 Å². The Morgan fingerprint density at radius 1 is 1.19 bits per heavy atom. The summed E-state index contributed by atoms with van der Waals surface area (Å²) in [5, 5.41) is 3.28. The zero-order valence-corrected chi connectivity index (χ0v) is 14.4. The van der Waals surface area contributed by atoms with Gasteiger partial charge in [-0.05, 0) is 30.3 Å². The summed E-state index contributed by atoms with van der Waals surface area (Å²) in [6.07, 6.45) is -4.46. The van der Waals surface area contributed by atoms with E-state index in [1.807, 2.05) is 0 Å². The third-order valence-electron chi connectivity index (χ3n) is 3.29. The molecule has 0 fully saturated rings. The average Bonchev–Trinajstić information content (AvgIpc) is 2.89. The molecule has 26 heavy (non-hydrogen) atoms. The molecule has 0 aliphatic heterocycles. The van der Waals surface area contributed by atoms with Gasteiger partial charge in [-0.2, -0.15) is 13.2 Å². The monoisotopic (exact) mass is 403 g/mol. The van der Waals surface area contributed by atoms with E-state index in [-0.39, 0.29) is 21.3 Å². The van der Waals surface area contributed by atoms with Crippen molar-refractivity contribution in [3.05, 3.63) is 58.2 Å². The summed E-state index contributed by atoms with van der Waals surface area (Å²) in [4.78, 5) is 12.6. The lowest BCUT2D eigenvalue weighted by Gasteiger charge is -2.10. The van der Waals surface area contributed by atoms with Gasteiger partial charge in [0.15, 0.2) is 6.61 Å². The van der Waals surface area contributed by atoms with E-state index in [4.69, 9.17) is 11.6 Å². The third-order valence-corrected chi connectivity index (χ3v) is 4.95. The number of benzene rings is 2. The topological polar surface area (TPSA) is 38.3 Å². The molecular formula is C17H10ClF4NO2S. The first kappa shape index (κ1) is 18.5. The highest BCUT2D eigenvalue weighted by atomic mass is 35.5. The van der Waals surface area contributed by atoms with Gasteiger partial charge in [-0.1, -0.05) is 17.7 Å². The van der Waals surface area contributed by atoms with Gasteiger partial charge in [-0.15, -0.1) is 11.3 Å². The standard InChI is InChI=1S/C17H10ClF4NO2S/c18-14-12-5-4-9(19)6-13(12)26-15(14)16(24)23-10-2-1-3-11(7-10)25-8-17(20,21)22/h1-7H,8H2,(H,23,24). The number of fused-ring (bicyclic) bond motifs is 1. The molecule has 0 atom stereocenters. The number of carbonyl (C=O) groups is 1. The number of carbonyl (C=O) groups excluding carboxylic acids is 1. The fourth-order valence-corrected chi connectivity index (χ4v) is 3.64. The number of halogens is 5. The fourth-order valence-electron chi connectivity index (χ4n) is 2.20. The number of thiophene rings is 1. The first-order chi connectivity index (χ1) is 12.2. The van der Waals surface area contributed by atoms with Gasteiger partial charge in [0.05, 0.1) is 5.02 Å². The SMILES string of the molecule is O=C(Nc1cccc(OCC(F)(F)F)c1)c1sc2cc(F)ccc2c1Cl. The van der Waals surface area contributed by atoms with Gasteiger partial charge in [-0.25, -0.2) is 4.39 Å². The van der Waals surface area contributed by atoms with Crippen LogP contribution >= 0.6 is 22.9 Å². The number of amides is 1. The van der Waals surface area contributed by atoms with Crippen LogP contribution in [-0.2, 0) is 0 Å². The van der Waals surface area contributed by atoms with Crippen LogP contribution in [0.1, 0.15) is 9.67 Å². The van der Waals surface area contributed by atoms with E-state index in [1.54, 1.807) is 0 Å². The fraction of sp³-hybridized carbons (Fsp3) is 0.118. The van der Waals surface area contributed by atoms with Crippen molar-refractivity contribution < 1.29 is 27.1 Å². The highest BCUT2D eigenvalue weighted by Crippen LogP contribution is 2.36. The Labute approximate surface area is 154 Å². The van der Waals surface area contributed by atoms with Crippen LogP contribution in [0.15, 0.2) is 42.5 Å². The molecule has 0 spiro atoms. The second-order valence-corrected chi connectivity index (χ2v) is 6.70. The van der Waals surface area contributed by atoms with Crippen LogP contribution in [0, 0.1) is 5.82 Å². The molecule has 1 heterocycles. The smallest absolute Gasteiger partial charge is 0.422 e. The van der Waals surface area contributed by atoms with Crippen molar-refractivity contribution >= 4 is 44.6 Å². The molecule has 1 N–H and O–H groups in total. The summed E-state index contributed by atoms with van der Waals surface area (Å²) in [7, 11) is 0. The molecule has 2 aromatic carbocycles. The lowest BCUT2D eigenvalue weighted by atomic mass is 10.2. The van der Waals surface area contributed by atoms with Crippen molar-refractivity contribution in [1.82, 2.24) is 0 Å². The van der Waals surface area contributed by atoms with Gasteiger partial charge in [0.25, 0.3) is 5.91 Å². The Bertz CT molecular complexity index is 971. The molecule has 0 unspecified atom stereocenters. The highest BCUT2D eigenvalue weighted by Gasteiger charge is 2.28. The number of ether oxygens (including phenoxy) is 1. The average molecular weight is 404 g/mol. The molecule has 0 saturated carbocycles. The Morgan fingerprint density at radius 2 is 1.96 bits per heavy atom. The predicted molar refractivity (Wildman–Crippen MR) is 92.7 cm³/mol. The third kappa shape index (κ3) is 4.25. The lowest BCUT2D eigenvalue weighted by Crippen LogP contribution is -2.19. The van der Waals surface area contributed by atoms with Crippen LogP contribution in [0.3, 0.4) is 0 Å². The van der Waals surface area contributed by atoms with Gasteiger partial charge in [0.1, 0.15) is 16.4 Å². The van der Waals surface area contributed by atoms with E-state index in [0.29, 0.717) is 10.1 Å². The van der Waals surface area contributed by atoms with Crippen LogP contribution < -0.4 is 10.1 Å². The number of hydrogen-bond donors (Lipinski definition) is 1. The van der Waals surface area contributed by atoms with Crippen LogP contribution in [0.25, 0.3) is 10.1 Å². The molecule has 3 rings (SSSR count). The van der Waals surface area contributed by atoms with Crippen molar-refractivity contribution in [2.75, 3.05) is 11.9 Å². The summed E-state index contributed by atoms with van der Waals surface area (Å²) in [5.74, 6) is -1.04. The van der Waals surface area contributed by atoms with E-state index < -0.39 is 24.5 Å². The molecule has 0 saturated heterocycles. The van der Waals surface area contributed by atoms with Gasteiger partial charge in [-0.3, -0.25) is 4.79 Å². The van der Waals surface area contributed by atoms with E-state index in [0.717, 1.165) is 11.3 Å². The molecule has 1 amide bonds. The summed E-state index contributed by atoms with van der Waals surface area (Å²) in [6, 6.07) is 9.55. The maximum absolute atomic E-state index is 13.3. The highest BCUT2D eigenvalue weighted by molar-refractivity contribution is 7.21. The Balaban J connectivity index is 1.79. The minimum Gasteiger partial charge on any atom is -0.484 e. The molecular weight excluding hydrogens is 394 g/mol. The molecule has 3 aromatic rings. The second kappa shape index (κ2) is 7.13. The van der Waals surface area contributed by atoms with E-state index in [2.05, 4.69) is 10.1 Å². The Hall–Kier alpha value is -2.32. The number of hydrogen-bond acceptors (Lipinski definition) is 3. The van der Waals surface area contributed by atoms with Crippen LogP contribution in [-0.4, -0.2) is 18.7 Å². The summed E-state index contributed by atoms with van der Waals surface area (Å²) in [6.45, 7) is -1.43. The first-order valence-corrected chi connectivity index (χ1v) is 8.41. The minimum atomic E-state index is -4.46. The summed E-state index contributed by atoms with van der Waals surface area (Å²) in [5.41, 5.74) is 0.245. The van der Waals surface area contributed by atoms with Crippen molar-refractivity contribution in [2.24, 2.45) is 0 Å². The van der Waals surface area contributed by atoms with Crippen molar-refractivity contribution in [1.29, 1.82) is 0 Å². The largest absolute Gasteiger partial charge is 0.484 e. The number of anilines is 1. The quantitative estimate of drug-likeness (QED) is 0.552. The van der Waals surface area contributed by atoms with E-state index >= 15 is 0 Å². The number of nitrogens with one attached hydrogen (secondary N) is 1. The molecule has 1 aromatic heterocycles. The molecule has 0 aliphatic carbocycles. The molecule has 136 valence electrons. The zero-order chi connectivity index (χ0) is 18.9. The second-order valence-electron chi connectivity index (χ2n) is 5.27. The predicted octanol–water partition coefficient (Wildman–Crippen LogP) is 5.89. The van der Waals surface area contributed by atoms with Crippen molar-refractivity contribution in [3.8, 4) is 5.75 Å². The van der Waals surface area contributed by atoms with Crippen molar-refractivity contribution in [2.45, 2.75) is 6.18 Å². The number of alkyl halides is 3. The van der Waals surface area contributed by atoms with Gasteiger partial charge in [0.2, 0.25) is 0 Å². The van der Waals surface area contributed by atoms with Crippen LogP contribution in [0.4, 0.5) is 23.2 Å². The normalized spacial score (nSPS) is 11.6. The Kier molecular flexibility index (Phi) is 5.06. The van der Waals surface area contributed by atoms with Crippen LogP contribution in [0.5, 0.6) is 5.75 Å². The molecule has 0 aliphatic rings. The van der Waals surface area contributed by atoms with E-state index in [9.17, 15) is 22.4 Å². The Morgan fingerprint density at radius 3 is 2.69 bits per heavy atom. The van der Waals surface area contributed by atoms with Crippen molar-refractivity contribution in [3.63, 3.8) is 0 Å². The maximum Gasteiger partial charge on any atom is 0.422 e. The minimum absolute atomic E-state index is 0.0374. The lowest BCUT2D eigenvalue weighted by molar-refractivity contribution is -0.153. The molecule has 3 nitrogen and oxygen atoms in total. The van der Waals surface area contributed by atoms with Gasteiger partial charge < -0.3 is 10.1 Å². The van der Waals surface area contributed by atoms with Crippen LogP contribution in [0.2, 0.25) is 5.02 Å². The molecule has 0 bridgehead atoms. The number of rotatable bonds is 4. The molecule has 9 heteroatoms. The summed E-state index contributed by atoms with van der Waals surface area (Å²) < 4.78 is 55.1. The van der Waals surface area contributed by atoms with E-state index in [1.165, 1.54) is 42.5 Å². The maximum atomic E-state index is 13.3. The molecule has 0 radical (unpaired) electrons. The first-order valence-electron chi connectivity index (χ1n) is 7.21.